The molecule has 0 aromatic heterocycles. The molecule has 2 aromatic rings. The van der Waals surface area contributed by atoms with Crippen LogP contribution in [0.2, 0.25) is 0 Å². The summed E-state index contributed by atoms with van der Waals surface area (Å²) in [6.45, 7) is 6.10. The molecule has 0 N–H and O–H groups in total. The number of carbonyl (C=O) groups is 2. The fraction of sp³-hybridized carbons (Fsp3) is 0.481. The molecule has 4 rings (SSSR count). The van der Waals surface area contributed by atoms with Crippen LogP contribution in [0.4, 0.5) is 0 Å². The van der Waals surface area contributed by atoms with Crippen molar-refractivity contribution in [3.05, 3.63) is 65.7 Å². The lowest BCUT2D eigenvalue weighted by Crippen LogP contribution is -2.50. The van der Waals surface area contributed by atoms with Crippen LogP contribution in [0.3, 0.4) is 0 Å². The summed E-state index contributed by atoms with van der Waals surface area (Å²) in [5, 5.41) is 0. The van der Waals surface area contributed by atoms with E-state index in [-0.39, 0.29) is 48.7 Å². The second-order valence-electron chi connectivity index (χ2n) is 9.75. The molecule has 7 nitrogen and oxygen atoms in total. The highest BCUT2D eigenvalue weighted by Crippen LogP contribution is 2.29. The van der Waals surface area contributed by atoms with E-state index in [2.05, 4.69) is 38.1 Å². The Kier molecular flexibility index (Phi) is 7.91. The van der Waals surface area contributed by atoms with Gasteiger partial charge in [-0.25, -0.2) is 8.42 Å². The van der Waals surface area contributed by atoms with Crippen molar-refractivity contribution in [3.8, 4) is 0 Å². The summed E-state index contributed by atoms with van der Waals surface area (Å²) in [5.74, 6) is 0.391. The molecule has 2 fully saturated rings. The fourth-order valence-electron chi connectivity index (χ4n) is 4.45. The molecule has 0 bridgehead atoms. The van der Waals surface area contributed by atoms with Crippen LogP contribution in [-0.4, -0.2) is 66.6 Å². The number of hydrogen-bond acceptors (Lipinski definition) is 4. The summed E-state index contributed by atoms with van der Waals surface area (Å²) < 4.78 is 27.0. The number of amides is 2. The summed E-state index contributed by atoms with van der Waals surface area (Å²) in [6, 6.07) is 17.1. The smallest absolute Gasteiger partial charge is 0.243 e. The van der Waals surface area contributed by atoms with Crippen LogP contribution in [0.5, 0.6) is 0 Å². The highest BCUT2D eigenvalue weighted by Gasteiger charge is 2.33. The van der Waals surface area contributed by atoms with Gasteiger partial charge in [0.15, 0.2) is 0 Å². The molecule has 188 valence electrons. The SMILES string of the molecule is CC(C)c1ccc(CN(C(=O)CCC(=O)N2CCN(S(=O)(=O)c3ccccc3)CC2)C2CC2)cc1. The van der Waals surface area contributed by atoms with E-state index in [4.69, 9.17) is 0 Å². The Morgan fingerprint density at radius 1 is 0.914 bits per heavy atom. The van der Waals surface area contributed by atoms with Crippen LogP contribution in [-0.2, 0) is 26.2 Å². The minimum atomic E-state index is -3.55. The van der Waals surface area contributed by atoms with Crippen molar-refractivity contribution in [2.24, 2.45) is 0 Å². The molecule has 0 unspecified atom stereocenters. The second-order valence-corrected chi connectivity index (χ2v) is 11.7. The van der Waals surface area contributed by atoms with Gasteiger partial charge in [-0.2, -0.15) is 4.31 Å². The standard InChI is InChI=1S/C27H35N3O4S/c1-21(2)23-10-8-22(9-11-23)20-30(24-12-13-24)27(32)15-14-26(31)28-16-18-29(19-17-28)35(33,34)25-6-4-3-5-7-25/h3-11,21,24H,12-20H2,1-2H3. The monoisotopic (exact) mass is 497 g/mol. The van der Waals surface area contributed by atoms with E-state index in [1.807, 2.05) is 4.90 Å². The van der Waals surface area contributed by atoms with Gasteiger partial charge in [0.2, 0.25) is 21.8 Å². The third-order valence-corrected chi connectivity index (χ3v) is 8.75. The minimum absolute atomic E-state index is 0.0130. The Morgan fingerprint density at radius 2 is 1.54 bits per heavy atom. The van der Waals surface area contributed by atoms with Gasteiger partial charge in [-0.3, -0.25) is 9.59 Å². The van der Waals surface area contributed by atoms with Crippen molar-refractivity contribution in [2.75, 3.05) is 26.2 Å². The molecule has 2 amide bonds. The lowest BCUT2D eigenvalue weighted by Gasteiger charge is -2.34. The molecule has 0 radical (unpaired) electrons. The van der Waals surface area contributed by atoms with Crippen LogP contribution in [0.15, 0.2) is 59.5 Å². The zero-order valence-corrected chi connectivity index (χ0v) is 21.4. The molecular formula is C27H35N3O4S. The molecule has 1 heterocycles. The van der Waals surface area contributed by atoms with Crippen molar-refractivity contribution >= 4 is 21.8 Å². The Balaban J connectivity index is 1.27. The van der Waals surface area contributed by atoms with E-state index < -0.39 is 10.0 Å². The van der Waals surface area contributed by atoms with E-state index in [9.17, 15) is 18.0 Å². The van der Waals surface area contributed by atoms with Gasteiger partial charge in [0.05, 0.1) is 4.90 Å². The van der Waals surface area contributed by atoms with Gasteiger partial charge < -0.3 is 9.80 Å². The molecule has 2 aromatic carbocycles. The van der Waals surface area contributed by atoms with Crippen molar-refractivity contribution in [1.29, 1.82) is 0 Å². The number of nitrogens with zero attached hydrogens (tertiary/aromatic N) is 3. The number of carbonyl (C=O) groups excluding carboxylic acids is 2. The average Bonchev–Trinajstić information content (AvgIpc) is 3.72. The van der Waals surface area contributed by atoms with Gasteiger partial charge in [-0.05, 0) is 42.0 Å². The van der Waals surface area contributed by atoms with E-state index in [0.29, 0.717) is 25.6 Å². The normalized spacial score (nSPS) is 16.9. The van der Waals surface area contributed by atoms with Crippen LogP contribution in [0, 0.1) is 0 Å². The minimum Gasteiger partial charge on any atom is -0.340 e. The number of piperazine rings is 1. The van der Waals surface area contributed by atoms with Gasteiger partial charge in [-0.1, -0.05) is 56.3 Å². The molecule has 0 atom stereocenters. The van der Waals surface area contributed by atoms with Gasteiger partial charge in [-0.15, -0.1) is 0 Å². The summed E-state index contributed by atoms with van der Waals surface area (Å²) in [7, 11) is -3.55. The van der Waals surface area contributed by atoms with Crippen molar-refractivity contribution in [1.82, 2.24) is 14.1 Å². The number of benzene rings is 2. The quantitative estimate of drug-likeness (QED) is 0.530. The molecule has 1 aliphatic heterocycles. The fourth-order valence-corrected chi connectivity index (χ4v) is 5.89. The summed E-state index contributed by atoms with van der Waals surface area (Å²) in [5.41, 5.74) is 2.39. The molecule has 1 saturated heterocycles. The molecule has 35 heavy (non-hydrogen) atoms. The van der Waals surface area contributed by atoms with E-state index in [1.165, 1.54) is 9.87 Å². The molecule has 2 aliphatic rings. The number of hydrogen-bond donors (Lipinski definition) is 0. The first kappa shape index (κ1) is 25.4. The third kappa shape index (κ3) is 6.30. The van der Waals surface area contributed by atoms with Crippen molar-refractivity contribution in [2.45, 2.75) is 62.9 Å². The maximum Gasteiger partial charge on any atom is 0.243 e. The second kappa shape index (κ2) is 10.9. The van der Waals surface area contributed by atoms with Gasteiger partial charge in [0.25, 0.3) is 0 Å². The third-order valence-electron chi connectivity index (χ3n) is 6.83. The van der Waals surface area contributed by atoms with E-state index in [1.54, 1.807) is 35.2 Å². The lowest BCUT2D eigenvalue weighted by atomic mass is 10.0. The van der Waals surface area contributed by atoms with Gasteiger partial charge in [0, 0.05) is 51.6 Å². The molecule has 1 saturated carbocycles. The van der Waals surface area contributed by atoms with E-state index in [0.717, 1.165) is 18.4 Å². The molecular weight excluding hydrogens is 462 g/mol. The Bertz CT molecular complexity index is 1120. The summed E-state index contributed by atoms with van der Waals surface area (Å²) >= 11 is 0. The van der Waals surface area contributed by atoms with Crippen LogP contribution in [0.25, 0.3) is 0 Å². The van der Waals surface area contributed by atoms with Gasteiger partial charge in [0.1, 0.15) is 0 Å². The maximum absolute atomic E-state index is 13.0. The van der Waals surface area contributed by atoms with Crippen LogP contribution >= 0.6 is 0 Å². The predicted octanol–water partition coefficient (Wildman–Crippen LogP) is 3.61. The molecule has 0 spiro atoms. The van der Waals surface area contributed by atoms with Crippen molar-refractivity contribution < 1.29 is 18.0 Å². The highest BCUT2D eigenvalue weighted by molar-refractivity contribution is 7.89. The summed E-state index contributed by atoms with van der Waals surface area (Å²) in [4.78, 5) is 29.6. The summed E-state index contributed by atoms with van der Waals surface area (Å²) in [6.07, 6.45) is 2.37. The number of sulfonamides is 1. The van der Waals surface area contributed by atoms with Crippen LogP contribution in [0.1, 0.15) is 56.6 Å². The highest BCUT2D eigenvalue weighted by atomic mass is 32.2. The lowest BCUT2D eigenvalue weighted by molar-refractivity contribution is -0.138. The Morgan fingerprint density at radius 3 is 2.11 bits per heavy atom. The van der Waals surface area contributed by atoms with Crippen LogP contribution < -0.4 is 0 Å². The van der Waals surface area contributed by atoms with E-state index >= 15 is 0 Å². The molecule has 8 heteroatoms. The molecule has 1 aliphatic carbocycles. The Labute approximate surface area is 208 Å². The van der Waals surface area contributed by atoms with Gasteiger partial charge >= 0.3 is 0 Å². The maximum atomic E-state index is 13.0. The Hall–Kier alpha value is -2.71. The largest absolute Gasteiger partial charge is 0.340 e. The zero-order chi connectivity index (χ0) is 25.0. The average molecular weight is 498 g/mol. The topological polar surface area (TPSA) is 78.0 Å². The first-order valence-electron chi connectivity index (χ1n) is 12.5. The number of rotatable bonds is 9. The zero-order valence-electron chi connectivity index (χ0n) is 20.6. The van der Waals surface area contributed by atoms with Crippen molar-refractivity contribution in [3.63, 3.8) is 0 Å². The predicted molar refractivity (Wildman–Crippen MR) is 135 cm³/mol. The first-order chi connectivity index (χ1) is 16.8. The first-order valence-corrected chi connectivity index (χ1v) is 13.9.